The van der Waals surface area contributed by atoms with Gasteiger partial charge in [-0.05, 0) is 36.8 Å². The second kappa shape index (κ2) is 5.58. The normalized spacial score (nSPS) is 24.9. The Balaban J connectivity index is 1.74. The summed E-state index contributed by atoms with van der Waals surface area (Å²) in [5.41, 5.74) is 3.30. The van der Waals surface area contributed by atoms with E-state index in [1.54, 1.807) is 6.07 Å². The highest BCUT2D eigenvalue weighted by Crippen LogP contribution is 2.43. The number of carbonyl (C=O) groups excluding carboxylic acids is 1. The van der Waals surface area contributed by atoms with Crippen LogP contribution in [0.25, 0.3) is 10.9 Å². The first-order valence-corrected chi connectivity index (χ1v) is 8.55. The van der Waals surface area contributed by atoms with Crippen LogP contribution >= 0.6 is 0 Å². The molecule has 4 rings (SSSR count). The van der Waals surface area contributed by atoms with Crippen molar-refractivity contribution in [3.8, 4) is 0 Å². The summed E-state index contributed by atoms with van der Waals surface area (Å²) in [4.78, 5) is 30.2. The summed E-state index contributed by atoms with van der Waals surface area (Å²) in [6.07, 6.45) is 6.28. The summed E-state index contributed by atoms with van der Waals surface area (Å²) in [6, 6.07) is 7.25. The number of aromatic nitrogens is 2. The van der Waals surface area contributed by atoms with E-state index in [4.69, 9.17) is 0 Å². The highest BCUT2D eigenvalue weighted by atomic mass is 16.2. The van der Waals surface area contributed by atoms with Crippen LogP contribution in [0.2, 0.25) is 0 Å². The fourth-order valence-electron chi connectivity index (χ4n) is 3.92. The average Bonchev–Trinajstić information content (AvgIpc) is 3.20. The molecule has 2 bridgehead atoms. The Labute approximate surface area is 140 Å². The number of amides is 1. The molecule has 1 aromatic heterocycles. The Morgan fingerprint density at radius 2 is 2.04 bits per heavy atom. The lowest BCUT2D eigenvalue weighted by atomic mass is 9.93. The van der Waals surface area contributed by atoms with Gasteiger partial charge in [-0.2, -0.15) is 0 Å². The van der Waals surface area contributed by atoms with Gasteiger partial charge in [0, 0.05) is 11.8 Å². The van der Waals surface area contributed by atoms with Gasteiger partial charge in [0.05, 0.1) is 10.9 Å². The van der Waals surface area contributed by atoms with Gasteiger partial charge in [0.2, 0.25) is 5.91 Å². The molecule has 2 aliphatic rings. The number of fused-ring (bicyclic) bond motifs is 3. The molecule has 5 nitrogen and oxygen atoms in total. The molecule has 2 aliphatic carbocycles. The van der Waals surface area contributed by atoms with E-state index in [1.165, 1.54) is 4.68 Å². The maximum atomic E-state index is 12.9. The zero-order valence-electron chi connectivity index (χ0n) is 13.9. The molecule has 0 radical (unpaired) electrons. The molecule has 1 N–H and O–H groups in total. The molecule has 1 saturated carbocycles. The Hall–Kier alpha value is -2.43. The molecule has 2 aromatic rings. The van der Waals surface area contributed by atoms with Gasteiger partial charge in [-0.15, -0.1) is 0 Å². The Kier molecular flexibility index (Phi) is 3.52. The van der Waals surface area contributed by atoms with Crippen LogP contribution in [0.4, 0.5) is 0 Å². The minimum Gasteiger partial charge on any atom is -0.273 e. The number of hydrogen-bond donors (Lipinski definition) is 1. The minimum atomic E-state index is -0.212. The van der Waals surface area contributed by atoms with Crippen molar-refractivity contribution in [1.29, 1.82) is 0 Å². The van der Waals surface area contributed by atoms with Gasteiger partial charge in [-0.1, -0.05) is 38.1 Å². The number of benzene rings is 1. The molecule has 0 aliphatic heterocycles. The topological polar surface area (TPSA) is 64.0 Å². The first-order chi connectivity index (χ1) is 11.5. The highest BCUT2D eigenvalue weighted by Gasteiger charge is 2.40. The van der Waals surface area contributed by atoms with Gasteiger partial charge in [0.25, 0.3) is 5.56 Å². The van der Waals surface area contributed by atoms with Crippen LogP contribution < -0.4 is 11.0 Å². The smallest absolute Gasteiger partial charge is 0.273 e. The number of nitrogens with zero attached hydrogens (tertiary/aromatic N) is 2. The molecule has 1 fully saturated rings. The summed E-state index contributed by atoms with van der Waals surface area (Å²) in [5.74, 6) is 1.32. The second-order valence-electron chi connectivity index (χ2n) is 7.15. The predicted octanol–water partition coefficient (Wildman–Crippen LogP) is 2.80. The Morgan fingerprint density at radius 3 is 2.71 bits per heavy atom. The maximum Gasteiger partial charge on any atom is 0.280 e. The van der Waals surface area contributed by atoms with E-state index < -0.39 is 0 Å². The van der Waals surface area contributed by atoms with Crippen LogP contribution in [0.5, 0.6) is 0 Å². The second-order valence-corrected chi connectivity index (χ2v) is 7.15. The third-order valence-electron chi connectivity index (χ3n) is 5.16. The number of rotatable bonds is 3. The fraction of sp³-hybridized carbons (Fsp3) is 0.421. The first-order valence-electron chi connectivity index (χ1n) is 8.55. The summed E-state index contributed by atoms with van der Waals surface area (Å²) in [7, 11) is 0. The maximum absolute atomic E-state index is 12.9. The monoisotopic (exact) mass is 323 g/mol. The van der Waals surface area contributed by atoms with E-state index in [1.807, 2.05) is 32.0 Å². The Morgan fingerprint density at radius 1 is 1.25 bits per heavy atom. The van der Waals surface area contributed by atoms with E-state index in [-0.39, 0.29) is 23.3 Å². The number of carbonyl (C=O) groups is 1. The third-order valence-corrected chi connectivity index (χ3v) is 5.16. The molecule has 24 heavy (non-hydrogen) atoms. The van der Waals surface area contributed by atoms with Crippen LogP contribution in [0.3, 0.4) is 0 Å². The zero-order valence-corrected chi connectivity index (χ0v) is 13.9. The molecule has 1 amide bonds. The lowest BCUT2D eigenvalue weighted by Gasteiger charge is -2.21. The zero-order chi connectivity index (χ0) is 16.8. The van der Waals surface area contributed by atoms with Gasteiger partial charge >= 0.3 is 0 Å². The third kappa shape index (κ3) is 2.35. The molecule has 0 spiro atoms. The summed E-state index contributed by atoms with van der Waals surface area (Å²) in [5, 5.41) is 0.523. The van der Waals surface area contributed by atoms with Crippen LogP contribution in [0.15, 0.2) is 41.2 Å². The molecule has 1 aromatic carbocycles. The van der Waals surface area contributed by atoms with Crippen molar-refractivity contribution in [2.45, 2.75) is 32.6 Å². The minimum absolute atomic E-state index is 0.0301. The number of hydrogen-bond acceptors (Lipinski definition) is 3. The van der Waals surface area contributed by atoms with Crippen molar-refractivity contribution in [2.24, 2.45) is 17.8 Å². The molecular weight excluding hydrogens is 302 g/mol. The van der Waals surface area contributed by atoms with E-state index in [0.717, 1.165) is 12.8 Å². The highest BCUT2D eigenvalue weighted by molar-refractivity contribution is 5.87. The van der Waals surface area contributed by atoms with Crippen LogP contribution in [-0.4, -0.2) is 15.6 Å². The van der Waals surface area contributed by atoms with Gasteiger partial charge in [0.15, 0.2) is 0 Å². The Bertz CT molecular complexity index is 897. The van der Waals surface area contributed by atoms with Crippen LogP contribution in [-0.2, 0) is 4.79 Å². The van der Waals surface area contributed by atoms with Crippen molar-refractivity contribution < 1.29 is 4.79 Å². The average molecular weight is 323 g/mol. The summed E-state index contributed by atoms with van der Waals surface area (Å²) >= 11 is 0. The lowest BCUT2D eigenvalue weighted by molar-refractivity contribution is -0.121. The summed E-state index contributed by atoms with van der Waals surface area (Å²) < 4.78 is 1.35. The number of para-hydroxylation sites is 1. The fourth-order valence-corrected chi connectivity index (χ4v) is 3.92. The van der Waals surface area contributed by atoms with Crippen molar-refractivity contribution >= 4 is 16.8 Å². The molecule has 3 atom stereocenters. The van der Waals surface area contributed by atoms with Crippen LogP contribution in [0, 0.1) is 17.8 Å². The predicted molar refractivity (Wildman–Crippen MR) is 93.3 cm³/mol. The quantitative estimate of drug-likeness (QED) is 0.884. The summed E-state index contributed by atoms with van der Waals surface area (Å²) in [6.45, 7) is 3.94. The molecule has 3 unspecified atom stereocenters. The van der Waals surface area contributed by atoms with Crippen molar-refractivity contribution in [1.82, 2.24) is 9.66 Å². The van der Waals surface area contributed by atoms with E-state index in [9.17, 15) is 9.59 Å². The first kappa shape index (κ1) is 15.1. The number of nitrogens with one attached hydrogen (secondary N) is 1. The standard InChI is InChI=1S/C19H21N3O2/c1-11(2)17-20-16-6-4-3-5-14(16)19(24)22(17)21-18(23)15-10-12-7-8-13(15)9-12/h3-8,11-13,15H,9-10H2,1-2H3,(H,21,23). The SMILES string of the molecule is CC(C)c1nc2ccccc2c(=O)n1NC(=O)C1CC2C=CC1C2. The van der Waals surface area contributed by atoms with Crippen molar-refractivity contribution in [3.63, 3.8) is 0 Å². The van der Waals surface area contributed by atoms with E-state index in [0.29, 0.717) is 28.6 Å². The van der Waals surface area contributed by atoms with Gasteiger partial charge < -0.3 is 0 Å². The van der Waals surface area contributed by atoms with E-state index in [2.05, 4.69) is 22.6 Å². The largest absolute Gasteiger partial charge is 0.280 e. The lowest BCUT2D eigenvalue weighted by Crippen LogP contribution is -2.40. The number of allylic oxidation sites excluding steroid dienone is 2. The molecule has 124 valence electrons. The molecule has 0 saturated heterocycles. The van der Waals surface area contributed by atoms with Crippen LogP contribution in [0.1, 0.15) is 38.4 Å². The van der Waals surface area contributed by atoms with Gasteiger partial charge in [-0.3, -0.25) is 15.0 Å². The van der Waals surface area contributed by atoms with E-state index >= 15 is 0 Å². The molecular formula is C19H21N3O2. The van der Waals surface area contributed by atoms with Crippen molar-refractivity contribution in [2.75, 3.05) is 5.43 Å². The van der Waals surface area contributed by atoms with Crippen molar-refractivity contribution in [3.05, 3.63) is 52.6 Å². The molecule has 5 heteroatoms. The van der Waals surface area contributed by atoms with Gasteiger partial charge in [0.1, 0.15) is 5.82 Å². The molecule has 1 heterocycles. The van der Waals surface area contributed by atoms with Gasteiger partial charge in [-0.25, -0.2) is 9.66 Å².